The number of phenolic OH excluding ortho intramolecular Hbond substituents is 2. The van der Waals surface area contributed by atoms with Crippen LogP contribution in [0.5, 0.6) is 11.5 Å². The first-order valence-corrected chi connectivity index (χ1v) is 14.7. The van der Waals surface area contributed by atoms with Crippen LogP contribution in [0.25, 0.3) is 0 Å². The van der Waals surface area contributed by atoms with Gasteiger partial charge in [-0.3, -0.25) is 24.1 Å². The summed E-state index contributed by atoms with van der Waals surface area (Å²) in [5.74, 6) is -5.65. The van der Waals surface area contributed by atoms with E-state index in [0.717, 1.165) is 4.90 Å². The molecule has 0 aliphatic carbocycles. The Hall–Kier alpha value is -5.34. The number of carbonyl (C=O) groups excluding carboxylic acids is 4. The fourth-order valence-electron chi connectivity index (χ4n) is 4.69. The van der Waals surface area contributed by atoms with Crippen molar-refractivity contribution in [3.8, 4) is 11.5 Å². The number of amides is 4. The van der Waals surface area contributed by atoms with Gasteiger partial charge in [0, 0.05) is 11.3 Å². The lowest BCUT2D eigenvalue weighted by molar-refractivity contribution is -0.151. The van der Waals surface area contributed by atoms with E-state index >= 15 is 0 Å². The molecule has 2 aliphatic heterocycles. The van der Waals surface area contributed by atoms with Crippen molar-refractivity contribution in [1.29, 1.82) is 0 Å². The molecule has 6 N–H and O–H groups in total. The lowest BCUT2D eigenvalue weighted by Gasteiger charge is -2.49. The zero-order valence-electron chi connectivity index (χ0n) is 23.0. The summed E-state index contributed by atoms with van der Waals surface area (Å²) in [4.78, 5) is 65.7. The third-order valence-corrected chi connectivity index (χ3v) is 8.63. The number of phenols is 2. The number of nitrogens with zero attached hydrogens (tertiary/aromatic N) is 2. The predicted molar refractivity (Wildman–Crippen MR) is 163 cm³/mol. The summed E-state index contributed by atoms with van der Waals surface area (Å²) in [6.45, 7) is 0. The molecule has 2 unspecified atom stereocenters. The Balaban J connectivity index is 1.40. The molecule has 5 rings (SSSR count). The highest BCUT2D eigenvalue weighted by molar-refractivity contribution is 8.00. The molecule has 230 valence electrons. The van der Waals surface area contributed by atoms with Crippen molar-refractivity contribution in [2.24, 2.45) is 5.10 Å². The molecule has 1 saturated heterocycles. The Morgan fingerprint density at radius 2 is 1.62 bits per heavy atom. The number of carbonyl (C=O) groups is 5. The number of halogens is 1. The van der Waals surface area contributed by atoms with E-state index in [1.54, 1.807) is 60.7 Å². The molecule has 15 heteroatoms. The van der Waals surface area contributed by atoms with Crippen molar-refractivity contribution in [2.75, 3.05) is 5.75 Å². The van der Waals surface area contributed by atoms with Crippen molar-refractivity contribution in [3.63, 3.8) is 0 Å². The van der Waals surface area contributed by atoms with Gasteiger partial charge in [-0.2, -0.15) is 5.10 Å². The summed E-state index contributed by atoms with van der Waals surface area (Å²) in [5, 5.41) is 37.8. The number of aromatic hydroxyl groups is 2. The minimum atomic E-state index is -1.36. The van der Waals surface area contributed by atoms with Gasteiger partial charge in [-0.1, -0.05) is 78.3 Å². The van der Waals surface area contributed by atoms with E-state index in [9.17, 15) is 39.3 Å². The molecule has 0 bridgehead atoms. The van der Waals surface area contributed by atoms with Crippen molar-refractivity contribution >= 4 is 58.7 Å². The third-order valence-electron chi connectivity index (χ3n) is 6.88. The molecule has 0 aromatic heterocycles. The minimum Gasteiger partial charge on any atom is -0.504 e. The molecule has 1 fully saturated rings. The Kier molecular flexibility index (Phi) is 9.06. The van der Waals surface area contributed by atoms with Gasteiger partial charge in [0.2, 0.25) is 5.91 Å². The fourth-order valence-corrected chi connectivity index (χ4v) is 6.24. The Morgan fingerprint density at radius 1 is 0.956 bits per heavy atom. The van der Waals surface area contributed by atoms with E-state index in [4.69, 9.17) is 11.6 Å². The highest BCUT2D eigenvalue weighted by atomic mass is 35.5. The molecule has 0 saturated carbocycles. The number of para-hydroxylation sites is 1. The van der Waals surface area contributed by atoms with Gasteiger partial charge in [0.15, 0.2) is 17.2 Å². The van der Waals surface area contributed by atoms with Crippen LogP contribution >= 0.6 is 23.4 Å². The standard InChI is InChI=1S/C30H24ClN5O8S/c31-18-14-45-29-22(28(42)36(29)23(18)30(43)44)33-26(40)20(15-8-3-1-4-9-15)32-27(41)21(16-10-5-2-6-11-16)34-35-25(39)17-12-7-13-19(37)24(17)38/h1-13,20,22,29,37-38H,14H2,(H,32,41)(H,33,40)(H,35,39)(H,43,44)/b34-21-/t20?,22-,29?/m1/s1. The minimum absolute atomic E-state index is 0.00963. The molecule has 13 nitrogen and oxygen atoms in total. The molecule has 0 radical (unpaired) electrons. The average molecular weight is 650 g/mol. The van der Waals surface area contributed by atoms with E-state index in [1.165, 1.54) is 30.0 Å². The Labute approximate surface area is 264 Å². The summed E-state index contributed by atoms with van der Waals surface area (Å²) in [7, 11) is 0. The van der Waals surface area contributed by atoms with Crippen molar-refractivity contribution in [1.82, 2.24) is 21.0 Å². The van der Waals surface area contributed by atoms with Crippen LogP contribution in [0, 0.1) is 0 Å². The van der Waals surface area contributed by atoms with Gasteiger partial charge in [-0.25, -0.2) is 10.2 Å². The van der Waals surface area contributed by atoms with Crippen molar-refractivity contribution in [3.05, 3.63) is 106 Å². The number of carboxylic acid groups (broad SMARTS) is 1. The van der Waals surface area contributed by atoms with Crippen molar-refractivity contribution in [2.45, 2.75) is 17.5 Å². The van der Waals surface area contributed by atoms with Crippen molar-refractivity contribution < 1.29 is 39.3 Å². The summed E-state index contributed by atoms with van der Waals surface area (Å²) in [5.41, 5.74) is 1.90. The smallest absolute Gasteiger partial charge is 0.353 e. The molecule has 45 heavy (non-hydrogen) atoms. The fraction of sp³-hybridized carbons (Fsp3) is 0.133. The highest BCUT2D eigenvalue weighted by Gasteiger charge is 2.54. The second-order valence-electron chi connectivity index (χ2n) is 9.71. The van der Waals surface area contributed by atoms with Crippen LogP contribution in [0.3, 0.4) is 0 Å². The lowest BCUT2D eigenvalue weighted by atomic mass is 10.0. The maximum atomic E-state index is 13.7. The van der Waals surface area contributed by atoms with E-state index in [1.807, 2.05) is 0 Å². The van der Waals surface area contributed by atoms with E-state index in [2.05, 4.69) is 21.2 Å². The van der Waals surface area contributed by atoms with Gasteiger partial charge in [0.1, 0.15) is 23.2 Å². The first-order valence-electron chi connectivity index (χ1n) is 13.3. The highest BCUT2D eigenvalue weighted by Crippen LogP contribution is 2.41. The van der Waals surface area contributed by atoms with Crippen LogP contribution in [0.4, 0.5) is 0 Å². The number of hydrazone groups is 1. The van der Waals surface area contributed by atoms with E-state index in [0.29, 0.717) is 5.56 Å². The number of rotatable bonds is 9. The largest absolute Gasteiger partial charge is 0.504 e. The normalized spacial score (nSPS) is 18.3. The lowest BCUT2D eigenvalue weighted by Crippen LogP contribution is -2.71. The number of nitrogens with one attached hydrogen (secondary N) is 3. The number of thioether (sulfide) groups is 1. The molecule has 4 amide bonds. The van der Waals surface area contributed by atoms with E-state index in [-0.39, 0.29) is 33.3 Å². The molecule has 0 spiro atoms. The van der Waals surface area contributed by atoms with E-state index < -0.39 is 58.6 Å². The van der Waals surface area contributed by atoms with Gasteiger partial charge >= 0.3 is 5.97 Å². The molecule has 3 atom stereocenters. The first kappa shape index (κ1) is 31.1. The van der Waals surface area contributed by atoms with Crippen LogP contribution in [-0.4, -0.2) is 72.7 Å². The Bertz CT molecular complexity index is 1750. The molecule has 2 aliphatic rings. The first-order chi connectivity index (χ1) is 21.6. The monoisotopic (exact) mass is 649 g/mol. The number of β-lactam (4-membered cyclic amide) rings is 1. The molecular formula is C30H24ClN5O8S. The topological polar surface area (TPSA) is 198 Å². The van der Waals surface area contributed by atoms with Gasteiger partial charge in [0.05, 0.1) is 10.6 Å². The van der Waals surface area contributed by atoms with Gasteiger partial charge in [-0.15, -0.1) is 11.8 Å². The summed E-state index contributed by atoms with van der Waals surface area (Å²) in [6.07, 6.45) is 0. The summed E-state index contributed by atoms with van der Waals surface area (Å²) >= 11 is 7.23. The summed E-state index contributed by atoms with van der Waals surface area (Å²) < 4.78 is 0. The second kappa shape index (κ2) is 13.1. The van der Waals surface area contributed by atoms with Gasteiger partial charge in [-0.05, 0) is 17.7 Å². The maximum absolute atomic E-state index is 13.7. The number of benzene rings is 3. The van der Waals surface area contributed by atoms with Crippen LogP contribution in [0.2, 0.25) is 0 Å². The molecule has 3 aromatic rings. The zero-order chi connectivity index (χ0) is 32.2. The van der Waals surface area contributed by atoms with Gasteiger partial charge in [0.25, 0.3) is 17.7 Å². The molecule has 2 heterocycles. The van der Waals surface area contributed by atoms with Gasteiger partial charge < -0.3 is 26.0 Å². The molecular weight excluding hydrogens is 626 g/mol. The maximum Gasteiger partial charge on any atom is 0.353 e. The number of hydrogen-bond acceptors (Lipinski definition) is 9. The SMILES string of the molecule is O=C(O)C1=C(Cl)CSC2[C@H](NC(=O)C(NC(=O)/C(=N\NC(=O)c3cccc(O)c3O)c3ccccc3)c3ccccc3)C(=O)N12. The Morgan fingerprint density at radius 3 is 2.29 bits per heavy atom. The third kappa shape index (κ3) is 6.32. The number of fused-ring (bicyclic) bond motifs is 1. The predicted octanol–water partition coefficient (Wildman–Crippen LogP) is 2.02. The van der Waals surface area contributed by atoms with Crippen LogP contribution in [0.1, 0.15) is 27.5 Å². The van der Waals surface area contributed by atoms with Crippen LogP contribution < -0.4 is 16.1 Å². The number of carboxylic acids is 1. The second-order valence-corrected chi connectivity index (χ2v) is 11.3. The molecule has 3 aromatic carbocycles. The zero-order valence-corrected chi connectivity index (χ0v) is 24.6. The number of hydrogen-bond donors (Lipinski definition) is 6. The number of aliphatic carboxylic acids is 1. The van der Waals surface area contributed by atoms with Crippen LogP contribution in [-0.2, 0) is 19.2 Å². The quantitative estimate of drug-likeness (QED) is 0.0869. The van der Waals surface area contributed by atoms with Crippen LogP contribution in [0.15, 0.2) is 94.7 Å². The average Bonchev–Trinajstić information content (AvgIpc) is 3.04. The summed E-state index contributed by atoms with van der Waals surface area (Å²) in [6, 6.07) is 17.6.